The van der Waals surface area contributed by atoms with E-state index in [0.29, 0.717) is 18.1 Å². The van der Waals surface area contributed by atoms with Crippen molar-refractivity contribution in [2.45, 2.75) is 13.0 Å². The molecule has 0 radical (unpaired) electrons. The van der Waals surface area contributed by atoms with Gasteiger partial charge in [0.1, 0.15) is 0 Å². The van der Waals surface area contributed by atoms with Crippen molar-refractivity contribution in [3.63, 3.8) is 0 Å². The van der Waals surface area contributed by atoms with Crippen molar-refractivity contribution < 1.29 is 9.53 Å². The van der Waals surface area contributed by atoms with Gasteiger partial charge < -0.3 is 10.1 Å². The van der Waals surface area contributed by atoms with Crippen LogP contribution in [-0.2, 0) is 4.74 Å². The van der Waals surface area contributed by atoms with Crippen LogP contribution in [0.4, 0.5) is 0 Å². The molecule has 0 fully saturated rings. The Kier molecular flexibility index (Phi) is 5.95. The van der Waals surface area contributed by atoms with E-state index in [1.807, 2.05) is 19.1 Å². The van der Waals surface area contributed by atoms with E-state index in [2.05, 4.69) is 21.2 Å². The van der Waals surface area contributed by atoms with Crippen molar-refractivity contribution in [3.8, 4) is 0 Å². The Morgan fingerprint density at radius 3 is 2.88 bits per heavy atom. The maximum absolute atomic E-state index is 12.0. The molecule has 1 unspecified atom stereocenters. The molecule has 94 valence electrons. The third-order valence-electron chi connectivity index (χ3n) is 2.40. The molecule has 1 rings (SSSR count). The average molecular weight is 321 g/mol. The zero-order valence-electron chi connectivity index (χ0n) is 9.80. The molecule has 1 N–H and O–H groups in total. The number of halogens is 2. The minimum absolute atomic E-state index is 0.133. The summed E-state index contributed by atoms with van der Waals surface area (Å²) in [6, 6.07) is 5.35. The maximum Gasteiger partial charge on any atom is 0.251 e. The molecule has 0 aromatic heterocycles. The average Bonchev–Trinajstić information content (AvgIpc) is 2.31. The van der Waals surface area contributed by atoms with Crippen LogP contribution in [0.2, 0.25) is 0 Å². The number of amides is 1. The normalized spacial score (nSPS) is 12.2. The minimum Gasteiger partial charge on any atom is -0.383 e. The van der Waals surface area contributed by atoms with Crippen molar-refractivity contribution in [1.82, 2.24) is 5.32 Å². The smallest absolute Gasteiger partial charge is 0.251 e. The Morgan fingerprint density at radius 1 is 1.59 bits per heavy atom. The number of methoxy groups -OCH3 is 1. The summed E-state index contributed by atoms with van der Waals surface area (Å²) in [6.07, 6.45) is 0. The van der Waals surface area contributed by atoms with Gasteiger partial charge in [-0.1, -0.05) is 22.0 Å². The lowest BCUT2D eigenvalue weighted by atomic mass is 10.1. The van der Waals surface area contributed by atoms with Crippen LogP contribution in [0.5, 0.6) is 0 Å². The first-order chi connectivity index (χ1) is 8.10. The van der Waals surface area contributed by atoms with Crippen molar-refractivity contribution in [3.05, 3.63) is 33.8 Å². The summed E-state index contributed by atoms with van der Waals surface area (Å²) in [5.41, 5.74) is 1.56. The molecule has 1 atom stereocenters. The standard InChI is InChI=1S/C12H15BrClNO2/c1-8-10(4-3-5-11(8)13)12(16)15-9(6-14)7-17-2/h3-5,9H,6-7H2,1-2H3,(H,15,16). The Morgan fingerprint density at radius 2 is 2.29 bits per heavy atom. The molecule has 5 heteroatoms. The lowest BCUT2D eigenvalue weighted by Crippen LogP contribution is -2.39. The van der Waals surface area contributed by atoms with Crippen LogP contribution in [0.3, 0.4) is 0 Å². The zero-order valence-corrected chi connectivity index (χ0v) is 12.1. The summed E-state index contributed by atoms with van der Waals surface area (Å²) >= 11 is 9.14. The first kappa shape index (κ1) is 14.5. The lowest BCUT2D eigenvalue weighted by molar-refractivity contribution is 0.0906. The van der Waals surface area contributed by atoms with E-state index >= 15 is 0 Å². The van der Waals surface area contributed by atoms with Crippen LogP contribution in [0.15, 0.2) is 22.7 Å². The highest BCUT2D eigenvalue weighted by atomic mass is 79.9. The lowest BCUT2D eigenvalue weighted by Gasteiger charge is -2.16. The van der Waals surface area contributed by atoms with E-state index in [1.165, 1.54) is 0 Å². The molecule has 1 aromatic carbocycles. The van der Waals surface area contributed by atoms with Gasteiger partial charge in [-0.05, 0) is 24.6 Å². The van der Waals surface area contributed by atoms with Gasteiger partial charge in [0.15, 0.2) is 0 Å². The number of ether oxygens (including phenoxy) is 1. The number of hydrogen-bond donors (Lipinski definition) is 1. The van der Waals surface area contributed by atoms with Crippen LogP contribution in [0, 0.1) is 6.92 Å². The Bertz CT molecular complexity index is 398. The van der Waals surface area contributed by atoms with Gasteiger partial charge in [0.2, 0.25) is 0 Å². The highest BCUT2D eigenvalue weighted by Gasteiger charge is 2.15. The third-order valence-corrected chi connectivity index (χ3v) is 3.63. The molecule has 3 nitrogen and oxygen atoms in total. The van der Waals surface area contributed by atoms with Gasteiger partial charge in [-0.25, -0.2) is 0 Å². The second-order valence-electron chi connectivity index (χ2n) is 3.69. The monoisotopic (exact) mass is 319 g/mol. The van der Waals surface area contributed by atoms with Crippen LogP contribution in [0.25, 0.3) is 0 Å². The second kappa shape index (κ2) is 6.99. The number of carbonyl (C=O) groups excluding carboxylic acids is 1. The molecule has 0 aliphatic rings. The molecule has 0 aliphatic carbocycles. The topological polar surface area (TPSA) is 38.3 Å². The van der Waals surface area contributed by atoms with Crippen molar-refractivity contribution in [2.75, 3.05) is 19.6 Å². The van der Waals surface area contributed by atoms with Gasteiger partial charge in [-0.15, -0.1) is 11.6 Å². The van der Waals surface area contributed by atoms with Gasteiger partial charge >= 0.3 is 0 Å². The fourth-order valence-electron chi connectivity index (χ4n) is 1.44. The van der Waals surface area contributed by atoms with Gasteiger partial charge in [0.25, 0.3) is 5.91 Å². The van der Waals surface area contributed by atoms with Crippen LogP contribution in [-0.4, -0.2) is 31.5 Å². The summed E-state index contributed by atoms with van der Waals surface area (Å²) in [5.74, 6) is 0.193. The minimum atomic E-state index is -0.174. The predicted molar refractivity (Wildman–Crippen MR) is 72.7 cm³/mol. The molecule has 0 spiro atoms. The number of alkyl halides is 1. The fourth-order valence-corrected chi connectivity index (χ4v) is 1.98. The summed E-state index contributed by atoms with van der Waals surface area (Å²) in [4.78, 5) is 12.0. The molecular formula is C12H15BrClNO2. The maximum atomic E-state index is 12.0. The number of rotatable bonds is 5. The molecule has 0 saturated heterocycles. The number of carbonyl (C=O) groups is 1. The SMILES string of the molecule is COCC(CCl)NC(=O)c1cccc(Br)c1C. The first-order valence-electron chi connectivity index (χ1n) is 5.21. The summed E-state index contributed by atoms with van der Waals surface area (Å²) in [6.45, 7) is 2.30. The van der Waals surface area contributed by atoms with E-state index in [-0.39, 0.29) is 11.9 Å². The van der Waals surface area contributed by atoms with Gasteiger partial charge in [0.05, 0.1) is 12.6 Å². The molecule has 1 amide bonds. The molecule has 1 aromatic rings. The summed E-state index contributed by atoms with van der Waals surface area (Å²) in [7, 11) is 1.58. The van der Waals surface area contributed by atoms with E-state index in [4.69, 9.17) is 16.3 Å². The van der Waals surface area contributed by atoms with Gasteiger partial charge in [-0.3, -0.25) is 4.79 Å². The van der Waals surface area contributed by atoms with Gasteiger partial charge in [-0.2, -0.15) is 0 Å². The number of hydrogen-bond acceptors (Lipinski definition) is 2. The van der Waals surface area contributed by atoms with Gasteiger partial charge in [0, 0.05) is 23.0 Å². The Labute approximate surface area is 115 Å². The zero-order chi connectivity index (χ0) is 12.8. The van der Waals surface area contributed by atoms with E-state index in [0.717, 1.165) is 10.0 Å². The summed E-state index contributed by atoms with van der Waals surface area (Å²) < 4.78 is 5.89. The highest BCUT2D eigenvalue weighted by molar-refractivity contribution is 9.10. The molecule has 17 heavy (non-hydrogen) atoms. The Hall–Kier alpha value is -0.580. The highest BCUT2D eigenvalue weighted by Crippen LogP contribution is 2.19. The van der Waals surface area contributed by atoms with Crippen LogP contribution < -0.4 is 5.32 Å². The molecule has 0 heterocycles. The first-order valence-corrected chi connectivity index (χ1v) is 6.53. The quantitative estimate of drug-likeness (QED) is 0.847. The predicted octanol–water partition coefficient (Wildman–Crippen LogP) is 2.74. The van der Waals surface area contributed by atoms with E-state index < -0.39 is 0 Å². The fraction of sp³-hybridized carbons (Fsp3) is 0.417. The van der Waals surface area contributed by atoms with Crippen LogP contribution in [0.1, 0.15) is 15.9 Å². The van der Waals surface area contributed by atoms with Crippen molar-refractivity contribution in [1.29, 1.82) is 0 Å². The van der Waals surface area contributed by atoms with E-state index in [9.17, 15) is 4.79 Å². The van der Waals surface area contributed by atoms with Crippen molar-refractivity contribution >= 4 is 33.4 Å². The summed E-state index contributed by atoms with van der Waals surface area (Å²) in [5, 5.41) is 2.84. The van der Waals surface area contributed by atoms with Crippen molar-refractivity contribution in [2.24, 2.45) is 0 Å². The largest absolute Gasteiger partial charge is 0.383 e. The number of nitrogens with one attached hydrogen (secondary N) is 1. The molecule has 0 bridgehead atoms. The number of benzene rings is 1. The molecule has 0 saturated carbocycles. The molecule has 0 aliphatic heterocycles. The van der Waals surface area contributed by atoms with E-state index in [1.54, 1.807) is 13.2 Å². The molecular weight excluding hydrogens is 305 g/mol. The second-order valence-corrected chi connectivity index (χ2v) is 4.86. The third kappa shape index (κ3) is 3.98. The Balaban J connectivity index is 2.79. The van der Waals surface area contributed by atoms with Crippen LogP contribution >= 0.6 is 27.5 Å².